The number of anilines is 1. The fraction of sp³-hybridized carbons (Fsp3) is 0.444. The number of rotatable bonds is 4. The van der Waals surface area contributed by atoms with Crippen LogP contribution in [-0.2, 0) is 14.1 Å². The van der Waals surface area contributed by atoms with Gasteiger partial charge in [0.2, 0.25) is 5.91 Å². The Morgan fingerprint density at radius 3 is 2.44 bits per heavy atom. The lowest BCUT2D eigenvalue weighted by atomic mass is 9.76. The summed E-state index contributed by atoms with van der Waals surface area (Å²) in [7, 11) is -0.610. The average Bonchev–Trinajstić information content (AvgIpc) is 2.72. The Bertz CT molecular complexity index is 734. The van der Waals surface area contributed by atoms with Crippen molar-refractivity contribution in [2.75, 3.05) is 12.3 Å². The summed E-state index contributed by atoms with van der Waals surface area (Å²) in [5, 5.41) is 12.1. The van der Waals surface area contributed by atoms with Crippen molar-refractivity contribution >= 4 is 24.8 Å². The van der Waals surface area contributed by atoms with Crippen LogP contribution in [0.1, 0.15) is 45.7 Å². The summed E-state index contributed by atoms with van der Waals surface area (Å²) in [6, 6.07) is 7.25. The van der Waals surface area contributed by atoms with Crippen molar-refractivity contribution in [1.29, 1.82) is 5.26 Å². The van der Waals surface area contributed by atoms with E-state index in [4.69, 9.17) is 15.0 Å². The number of hydrogen-bond donors (Lipinski definition) is 2. The second kappa shape index (κ2) is 6.91. The number of nitrogen functional groups attached to an aromatic ring is 1. The van der Waals surface area contributed by atoms with Gasteiger partial charge in [-0.2, -0.15) is 5.26 Å². The average molecular weight is 341 g/mol. The zero-order chi connectivity index (χ0) is 18.8. The van der Waals surface area contributed by atoms with Gasteiger partial charge >= 0.3 is 7.12 Å². The van der Waals surface area contributed by atoms with E-state index in [0.717, 1.165) is 5.47 Å². The van der Waals surface area contributed by atoms with Crippen molar-refractivity contribution in [3.05, 3.63) is 34.8 Å². The zero-order valence-corrected chi connectivity index (χ0v) is 15.3. The summed E-state index contributed by atoms with van der Waals surface area (Å²) < 4.78 is 12.2. The van der Waals surface area contributed by atoms with Gasteiger partial charge < -0.3 is 20.4 Å². The molecule has 1 saturated heterocycles. The molecular formula is C18H24BN3O3. The van der Waals surface area contributed by atoms with E-state index < -0.39 is 18.3 Å². The molecule has 1 aromatic carbocycles. The van der Waals surface area contributed by atoms with Crippen LogP contribution in [0.4, 0.5) is 5.69 Å². The Hall–Kier alpha value is -2.30. The second-order valence-electron chi connectivity index (χ2n) is 7.18. The van der Waals surface area contributed by atoms with Crippen molar-refractivity contribution in [3.8, 4) is 6.07 Å². The van der Waals surface area contributed by atoms with Gasteiger partial charge in [-0.1, -0.05) is 12.1 Å². The number of nitrogens with two attached hydrogens (primary N) is 1. The first-order chi connectivity index (χ1) is 11.6. The third-order valence-corrected chi connectivity index (χ3v) is 4.64. The normalized spacial score (nSPS) is 18.7. The molecule has 0 spiro atoms. The maximum absolute atomic E-state index is 11.3. The number of carbonyl (C=O) groups excluding carboxylic acids is 1. The lowest BCUT2D eigenvalue weighted by molar-refractivity contribution is -0.118. The molecule has 1 aliphatic heterocycles. The van der Waals surface area contributed by atoms with Gasteiger partial charge in [-0.25, -0.2) is 0 Å². The molecule has 1 heterocycles. The van der Waals surface area contributed by atoms with Crippen LogP contribution in [0, 0.1) is 11.3 Å². The SMILES string of the molecule is CC(=O)NCC(=Cc1ccc(N)cc1C#N)B1OC(C)(C)C(C)(C)O1. The van der Waals surface area contributed by atoms with E-state index in [2.05, 4.69) is 11.4 Å². The molecule has 0 atom stereocenters. The fourth-order valence-corrected chi connectivity index (χ4v) is 2.42. The molecule has 1 fully saturated rings. The number of amides is 1. The maximum Gasteiger partial charge on any atom is 0.492 e. The molecule has 0 saturated carbocycles. The van der Waals surface area contributed by atoms with Crippen molar-refractivity contribution in [2.45, 2.75) is 45.8 Å². The van der Waals surface area contributed by atoms with E-state index in [9.17, 15) is 10.1 Å². The molecule has 2 rings (SSSR count). The molecule has 3 N–H and O–H groups in total. The van der Waals surface area contributed by atoms with Gasteiger partial charge in [0.15, 0.2) is 0 Å². The Kier molecular flexibility index (Phi) is 5.26. The van der Waals surface area contributed by atoms with E-state index in [0.29, 0.717) is 16.8 Å². The first-order valence-corrected chi connectivity index (χ1v) is 8.16. The molecule has 0 radical (unpaired) electrons. The largest absolute Gasteiger partial charge is 0.492 e. The van der Waals surface area contributed by atoms with Crippen LogP contribution in [0.5, 0.6) is 0 Å². The monoisotopic (exact) mass is 341 g/mol. The van der Waals surface area contributed by atoms with Crippen molar-refractivity contribution in [1.82, 2.24) is 5.32 Å². The fourth-order valence-electron chi connectivity index (χ4n) is 2.42. The van der Waals surface area contributed by atoms with Crippen molar-refractivity contribution < 1.29 is 14.1 Å². The minimum absolute atomic E-state index is 0.153. The third kappa shape index (κ3) is 4.22. The van der Waals surface area contributed by atoms with Gasteiger partial charge in [-0.3, -0.25) is 4.79 Å². The summed E-state index contributed by atoms with van der Waals surface area (Å²) >= 11 is 0. The minimum Gasteiger partial charge on any atom is -0.400 e. The minimum atomic E-state index is -0.610. The van der Waals surface area contributed by atoms with Gasteiger partial charge in [0, 0.05) is 19.2 Å². The molecule has 0 aromatic heterocycles. The molecule has 132 valence electrons. The third-order valence-electron chi connectivity index (χ3n) is 4.64. The Morgan fingerprint density at radius 1 is 1.32 bits per heavy atom. The zero-order valence-electron chi connectivity index (χ0n) is 15.3. The molecule has 0 bridgehead atoms. The molecule has 25 heavy (non-hydrogen) atoms. The summed E-state index contributed by atoms with van der Waals surface area (Å²) in [5.41, 5.74) is 7.17. The van der Waals surface area contributed by atoms with Crippen LogP contribution in [0.2, 0.25) is 0 Å². The molecule has 1 aliphatic rings. The topological polar surface area (TPSA) is 97.4 Å². The van der Waals surface area contributed by atoms with Crippen molar-refractivity contribution in [3.63, 3.8) is 0 Å². The van der Waals surface area contributed by atoms with E-state index >= 15 is 0 Å². The van der Waals surface area contributed by atoms with E-state index in [1.54, 1.807) is 18.2 Å². The van der Waals surface area contributed by atoms with E-state index in [1.807, 2.05) is 33.8 Å². The standard InChI is InChI=1S/C18H24BN3O3/c1-12(23)22-11-15(19-24-17(2,3)18(4,5)25-19)8-13-6-7-16(21)9-14(13)10-20/h6-9H,11,21H2,1-5H3,(H,22,23). The second-order valence-corrected chi connectivity index (χ2v) is 7.18. The van der Waals surface area contributed by atoms with Gasteiger partial charge in [0.05, 0.1) is 22.8 Å². The van der Waals surface area contributed by atoms with Crippen LogP contribution in [-0.4, -0.2) is 30.8 Å². The molecular weight excluding hydrogens is 317 g/mol. The quantitative estimate of drug-likeness (QED) is 0.647. The van der Waals surface area contributed by atoms with Gasteiger partial charge in [0.1, 0.15) is 0 Å². The molecule has 0 aliphatic carbocycles. The van der Waals surface area contributed by atoms with Gasteiger partial charge in [-0.15, -0.1) is 0 Å². The smallest absolute Gasteiger partial charge is 0.400 e. The van der Waals surface area contributed by atoms with Crippen LogP contribution < -0.4 is 11.1 Å². The highest BCUT2D eigenvalue weighted by Crippen LogP contribution is 2.38. The first kappa shape index (κ1) is 19.0. The Balaban J connectivity index is 2.41. The van der Waals surface area contributed by atoms with Crippen LogP contribution in [0.3, 0.4) is 0 Å². The highest BCUT2D eigenvalue weighted by Gasteiger charge is 2.52. The first-order valence-electron chi connectivity index (χ1n) is 8.16. The summed E-state index contributed by atoms with van der Waals surface area (Å²) in [5.74, 6) is -0.153. The number of nitriles is 1. The number of benzene rings is 1. The van der Waals surface area contributed by atoms with Gasteiger partial charge in [0.25, 0.3) is 0 Å². The Labute approximate surface area is 149 Å². The lowest BCUT2D eigenvalue weighted by Crippen LogP contribution is -2.41. The lowest BCUT2D eigenvalue weighted by Gasteiger charge is -2.32. The summed E-state index contributed by atoms with van der Waals surface area (Å²) in [6.45, 7) is 9.58. The number of nitrogens with zero attached hydrogens (tertiary/aromatic N) is 1. The number of nitrogens with one attached hydrogen (secondary N) is 1. The van der Waals surface area contributed by atoms with E-state index in [1.165, 1.54) is 6.92 Å². The molecule has 7 heteroatoms. The summed E-state index contributed by atoms with van der Waals surface area (Å²) in [6.07, 6.45) is 1.82. The predicted molar refractivity (Wildman–Crippen MR) is 98.3 cm³/mol. The molecule has 1 aromatic rings. The number of carbonyl (C=O) groups is 1. The molecule has 0 unspecified atom stereocenters. The van der Waals surface area contributed by atoms with Crippen LogP contribution >= 0.6 is 0 Å². The molecule has 6 nitrogen and oxygen atoms in total. The molecule has 1 amide bonds. The predicted octanol–water partition coefficient (Wildman–Crippen LogP) is 2.29. The summed E-state index contributed by atoms with van der Waals surface area (Å²) in [4.78, 5) is 11.3. The van der Waals surface area contributed by atoms with Gasteiger partial charge in [-0.05, 0) is 50.9 Å². The van der Waals surface area contributed by atoms with Crippen LogP contribution in [0.15, 0.2) is 23.7 Å². The van der Waals surface area contributed by atoms with Crippen LogP contribution in [0.25, 0.3) is 6.08 Å². The highest BCUT2D eigenvalue weighted by atomic mass is 16.7. The number of hydrogen-bond acceptors (Lipinski definition) is 5. The maximum atomic E-state index is 11.3. The van der Waals surface area contributed by atoms with Crippen molar-refractivity contribution in [2.24, 2.45) is 0 Å². The Morgan fingerprint density at radius 2 is 1.92 bits per heavy atom. The van der Waals surface area contributed by atoms with E-state index in [-0.39, 0.29) is 12.5 Å². The highest BCUT2D eigenvalue weighted by molar-refractivity contribution is 6.56.